The SMILES string of the molecule is CN1COCN(CCO)C(=O)c2c1nc(OCCCOc1cccc(OC(F)(F)F)c1)n2Cc1ccc(Cl)cc1. The summed E-state index contributed by atoms with van der Waals surface area (Å²) in [4.78, 5) is 21.2. The van der Waals surface area contributed by atoms with Gasteiger partial charge in [0.1, 0.15) is 25.0 Å². The van der Waals surface area contributed by atoms with Crippen LogP contribution in [0.5, 0.6) is 17.5 Å². The molecule has 0 bridgehead atoms. The Morgan fingerprint density at radius 1 is 1.07 bits per heavy atom. The van der Waals surface area contributed by atoms with Crippen molar-refractivity contribution in [3.05, 3.63) is 64.8 Å². The second-order valence-corrected chi connectivity index (χ2v) is 9.24. The minimum absolute atomic E-state index is 0.00195. The lowest BCUT2D eigenvalue weighted by atomic mass is 10.2. The average Bonchev–Trinajstić information content (AvgIpc) is 3.25. The molecule has 2 heterocycles. The highest BCUT2D eigenvalue weighted by molar-refractivity contribution is 6.30. The Labute approximate surface area is 233 Å². The van der Waals surface area contributed by atoms with Crippen molar-refractivity contribution in [1.82, 2.24) is 14.5 Å². The van der Waals surface area contributed by atoms with Gasteiger partial charge < -0.3 is 33.9 Å². The number of carbonyl (C=O) groups is 1. The van der Waals surface area contributed by atoms with E-state index in [1.807, 2.05) is 12.1 Å². The van der Waals surface area contributed by atoms with Gasteiger partial charge in [-0.2, -0.15) is 4.98 Å². The molecule has 3 aromatic rings. The van der Waals surface area contributed by atoms with Gasteiger partial charge >= 0.3 is 6.36 Å². The minimum atomic E-state index is -4.80. The van der Waals surface area contributed by atoms with Crippen LogP contribution in [0.1, 0.15) is 22.5 Å². The Hall–Kier alpha value is -3.68. The van der Waals surface area contributed by atoms with E-state index in [2.05, 4.69) is 9.72 Å². The van der Waals surface area contributed by atoms with Crippen molar-refractivity contribution in [3.63, 3.8) is 0 Å². The summed E-state index contributed by atoms with van der Waals surface area (Å²) in [5.74, 6) is -0.188. The van der Waals surface area contributed by atoms with Gasteiger partial charge in [-0.1, -0.05) is 29.8 Å². The second kappa shape index (κ2) is 13.1. The maximum absolute atomic E-state index is 13.5. The first-order chi connectivity index (χ1) is 19.1. The lowest BCUT2D eigenvalue weighted by Gasteiger charge is -2.28. The number of imidazole rings is 1. The molecule has 4 rings (SSSR count). The molecular weight excluding hydrogens is 557 g/mol. The predicted molar refractivity (Wildman–Crippen MR) is 139 cm³/mol. The highest BCUT2D eigenvalue weighted by Gasteiger charge is 2.32. The fraction of sp³-hybridized carbons (Fsp3) is 0.385. The lowest BCUT2D eigenvalue weighted by molar-refractivity contribution is -0.274. The fourth-order valence-electron chi connectivity index (χ4n) is 3.94. The van der Waals surface area contributed by atoms with E-state index in [0.717, 1.165) is 11.6 Å². The van der Waals surface area contributed by atoms with Crippen molar-refractivity contribution >= 4 is 23.3 Å². The normalized spacial score (nSPS) is 14.0. The summed E-state index contributed by atoms with van der Waals surface area (Å²) < 4.78 is 60.1. The van der Waals surface area contributed by atoms with E-state index in [1.165, 1.54) is 23.1 Å². The van der Waals surface area contributed by atoms with Crippen molar-refractivity contribution in [2.75, 3.05) is 51.8 Å². The van der Waals surface area contributed by atoms with Crippen LogP contribution >= 0.6 is 11.6 Å². The Morgan fingerprint density at radius 3 is 2.52 bits per heavy atom. The predicted octanol–water partition coefficient (Wildman–Crippen LogP) is 4.15. The largest absolute Gasteiger partial charge is 0.573 e. The van der Waals surface area contributed by atoms with Crippen molar-refractivity contribution in [2.45, 2.75) is 19.3 Å². The molecule has 0 radical (unpaired) electrons. The van der Waals surface area contributed by atoms with Gasteiger partial charge in [0.25, 0.3) is 11.9 Å². The molecule has 0 saturated carbocycles. The van der Waals surface area contributed by atoms with Crippen LogP contribution < -0.4 is 19.1 Å². The van der Waals surface area contributed by atoms with Gasteiger partial charge in [-0.15, -0.1) is 13.2 Å². The quantitative estimate of drug-likeness (QED) is 0.336. The Kier molecular flexibility index (Phi) is 9.61. The molecule has 1 N–H and O–H groups in total. The maximum Gasteiger partial charge on any atom is 0.573 e. The number of aromatic nitrogens is 2. The van der Waals surface area contributed by atoms with E-state index < -0.39 is 6.36 Å². The molecule has 0 spiro atoms. The van der Waals surface area contributed by atoms with E-state index in [-0.39, 0.29) is 75.5 Å². The molecule has 14 heteroatoms. The first-order valence-electron chi connectivity index (χ1n) is 12.3. The van der Waals surface area contributed by atoms with Crippen molar-refractivity contribution < 1.29 is 42.0 Å². The zero-order valence-corrected chi connectivity index (χ0v) is 22.3. The van der Waals surface area contributed by atoms with Crippen LogP contribution in [-0.2, 0) is 11.3 Å². The minimum Gasteiger partial charge on any atom is -0.493 e. The summed E-state index contributed by atoms with van der Waals surface area (Å²) in [6.07, 6.45) is -4.43. The number of alkyl halides is 3. The Bertz CT molecular complexity index is 1290. The monoisotopic (exact) mass is 584 g/mol. The molecule has 1 aromatic heterocycles. The molecule has 0 atom stereocenters. The number of benzene rings is 2. The van der Waals surface area contributed by atoms with Gasteiger partial charge in [0, 0.05) is 31.1 Å². The highest BCUT2D eigenvalue weighted by atomic mass is 35.5. The van der Waals surface area contributed by atoms with Crippen molar-refractivity contribution in [1.29, 1.82) is 0 Å². The van der Waals surface area contributed by atoms with Crippen LogP contribution in [0.2, 0.25) is 5.02 Å². The second-order valence-electron chi connectivity index (χ2n) is 8.80. The summed E-state index contributed by atoms with van der Waals surface area (Å²) in [6, 6.07) is 12.6. The van der Waals surface area contributed by atoms with E-state index >= 15 is 0 Å². The summed E-state index contributed by atoms with van der Waals surface area (Å²) in [5, 5.41) is 10.0. The Morgan fingerprint density at radius 2 is 1.80 bits per heavy atom. The van der Waals surface area contributed by atoms with E-state index in [4.69, 9.17) is 25.8 Å². The molecule has 0 saturated heterocycles. The number of fused-ring (bicyclic) bond motifs is 1. The molecule has 1 aliphatic rings. The third-order valence-electron chi connectivity index (χ3n) is 5.75. The van der Waals surface area contributed by atoms with Crippen LogP contribution in [0.3, 0.4) is 0 Å². The molecule has 40 heavy (non-hydrogen) atoms. The van der Waals surface area contributed by atoms with Gasteiger partial charge in [0.2, 0.25) is 0 Å². The topological polar surface area (TPSA) is 98.5 Å². The highest BCUT2D eigenvalue weighted by Crippen LogP contribution is 2.30. The zero-order valence-electron chi connectivity index (χ0n) is 21.6. The number of halogens is 4. The number of β-amino-alcohol motifs (C(OH)–C–C–N with tert-alkyl or cyclic N) is 1. The van der Waals surface area contributed by atoms with Crippen molar-refractivity contribution in [2.24, 2.45) is 0 Å². The summed E-state index contributed by atoms with van der Waals surface area (Å²) in [6.45, 7) is 0.540. The lowest BCUT2D eigenvalue weighted by Crippen LogP contribution is -2.41. The number of aliphatic hydroxyl groups excluding tert-OH is 1. The number of hydrogen-bond donors (Lipinski definition) is 1. The molecule has 0 fully saturated rings. The van der Waals surface area contributed by atoms with Crippen LogP contribution in [0.25, 0.3) is 0 Å². The number of aliphatic hydroxyl groups is 1. The molecule has 1 aliphatic heterocycles. The number of hydrogen-bond acceptors (Lipinski definition) is 8. The van der Waals surface area contributed by atoms with Gasteiger partial charge in [0.05, 0.1) is 26.4 Å². The summed E-state index contributed by atoms with van der Waals surface area (Å²) in [7, 11) is 1.74. The van der Waals surface area contributed by atoms with Crippen LogP contribution in [0.15, 0.2) is 48.5 Å². The van der Waals surface area contributed by atoms with Crippen LogP contribution in [0, 0.1) is 0 Å². The first kappa shape index (κ1) is 29.3. The maximum atomic E-state index is 13.5. The molecule has 216 valence electrons. The molecular formula is C26H28ClF3N4O6. The number of rotatable bonds is 11. The molecule has 0 aliphatic carbocycles. The number of carbonyl (C=O) groups excluding carboxylic acids is 1. The van der Waals surface area contributed by atoms with Crippen LogP contribution in [-0.4, -0.2) is 78.7 Å². The standard InChI is InChI=1S/C26H28ClF3N4O6/c1-32-16-37-17-33(10-11-35)24(36)22-23(32)31-25(34(22)15-18-6-8-19(27)9-7-18)39-13-3-12-38-20-4-2-5-21(14-20)40-26(28,29)30/h2,4-9,14,35H,3,10-13,15-17H2,1H3. The third kappa shape index (κ3) is 7.71. The van der Waals surface area contributed by atoms with Gasteiger partial charge in [0.15, 0.2) is 11.5 Å². The summed E-state index contributed by atoms with van der Waals surface area (Å²) >= 11 is 6.04. The van der Waals surface area contributed by atoms with Gasteiger partial charge in [-0.3, -0.25) is 9.36 Å². The molecule has 1 amide bonds. The zero-order chi connectivity index (χ0) is 28.7. The molecule has 2 aromatic carbocycles. The van der Waals surface area contributed by atoms with Gasteiger partial charge in [-0.05, 0) is 29.8 Å². The smallest absolute Gasteiger partial charge is 0.493 e. The number of anilines is 1. The summed E-state index contributed by atoms with van der Waals surface area (Å²) in [5.41, 5.74) is 1.13. The molecule has 0 unspecified atom stereocenters. The van der Waals surface area contributed by atoms with Crippen LogP contribution in [0.4, 0.5) is 19.0 Å². The third-order valence-corrected chi connectivity index (χ3v) is 6.00. The van der Waals surface area contributed by atoms with Gasteiger partial charge in [-0.25, -0.2) is 0 Å². The first-order valence-corrected chi connectivity index (χ1v) is 12.7. The van der Waals surface area contributed by atoms with E-state index in [0.29, 0.717) is 17.3 Å². The number of nitrogens with zero attached hydrogens (tertiary/aromatic N) is 4. The fourth-order valence-corrected chi connectivity index (χ4v) is 4.07. The number of ether oxygens (including phenoxy) is 4. The number of amides is 1. The average molecular weight is 585 g/mol. The van der Waals surface area contributed by atoms with Crippen molar-refractivity contribution in [3.8, 4) is 17.5 Å². The van der Waals surface area contributed by atoms with E-state index in [9.17, 15) is 23.1 Å². The van der Waals surface area contributed by atoms with E-state index in [1.54, 1.807) is 28.6 Å². The Balaban J connectivity index is 1.50. The molecule has 10 nitrogen and oxygen atoms in total.